The zero-order valence-electron chi connectivity index (χ0n) is 12.7. The van der Waals surface area contributed by atoms with Gasteiger partial charge in [-0.05, 0) is 32.3 Å². The first-order chi connectivity index (χ1) is 9.61. The van der Waals surface area contributed by atoms with Gasteiger partial charge in [-0.15, -0.1) is 0 Å². The SMILES string of the molecule is Cc1cc(C)cc(C(O)CN2CCN(C3CC3)CC2)c1. The number of rotatable bonds is 4. The Labute approximate surface area is 122 Å². The lowest BCUT2D eigenvalue weighted by atomic mass is 10.0. The number of β-amino-alcohol motifs (C(OH)–C–C–N with tert-alkyl or cyclic N) is 1. The van der Waals surface area contributed by atoms with E-state index in [1.807, 2.05) is 0 Å². The van der Waals surface area contributed by atoms with Gasteiger partial charge in [0, 0.05) is 38.8 Å². The molecule has 1 aromatic rings. The number of aliphatic hydroxyl groups is 1. The number of nitrogens with zero attached hydrogens (tertiary/aromatic N) is 2. The van der Waals surface area contributed by atoms with E-state index in [2.05, 4.69) is 41.8 Å². The summed E-state index contributed by atoms with van der Waals surface area (Å²) in [6, 6.07) is 7.25. The van der Waals surface area contributed by atoms with Crippen LogP contribution in [0.5, 0.6) is 0 Å². The van der Waals surface area contributed by atoms with E-state index in [9.17, 15) is 5.11 Å². The van der Waals surface area contributed by atoms with Crippen LogP contribution < -0.4 is 0 Å². The predicted octanol–water partition coefficient (Wildman–Crippen LogP) is 2.12. The first-order valence-corrected chi connectivity index (χ1v) is 7.84. The summed E-state index contributed by atoms with van der Waals surface area (Å²) < 4.78 is 0. The minimum Gasteiger partial charge on any atom is -0.387 e. The zero-order chi connectivity index (χ0) is 14.1. The Bertz CT molecular complexity index is 442. The van der Waals surface area contributed by atoms with Crippen LogP contribution in [0, 0.1) is 13.8 Å². The molecule has 2 fully saturated rings. The van der Waals surface area contributed by atoms with Gasteiger partial charge in [-0.25, -0.2) is 0 Å². The van der Waals surface area contributed by atoms with Crippen molar-refractivity contribution < 1.29 is 5.11 Å². The van der Waals surface area contributed by atoms with E-state index in [0.29, 0.717) is 0 Å². The highest BCUT2D eigenvalue weighted by atomic mass is 16.3. The Morgan fingerprint density at radius 2 is 1.65 bits per heavy atom. The molecule has 0 radical (unpaired) electrons. The van der Waals surface area contributed by atoms with E-state index >= 15 is 0 Å². The maximum Gasteiger partial charge on any atom is 0.0917 e. The summed E-state index contributed by atoms with van der Waals surface area (Å²) >= 11 is 0. The van der Waals surface area contributed by atoms with Crippen LogP contribution in [0.15, 0.2) is 18.2 Å². The van der Waals surface area contributed by atoms with Crippen LogP contribution in [0.4, 0.5) is 0 Å². The first kappa shape index (κ1) is 14.1. The summed E-state index contributed by atoms with van der Waals surface area (Å²) in [7, 11) is 0. The minimum atomic E-state index is -0.360. The summed E-state index contributed by atoms with van der Waals surface area (Å²) in [5.41, 5.74) is 3.53. The number of hydrogen-bond acceptors (Lipinski definition) is 3. The molecule has 1 aliphatic carbocycles. The van der Waals surface area contributed by atoms with Crippen molar-refractivity contribution >= 4 is 0 Å². The molecule has 1 atom stereocenters. The van der Waals surface area contributed by atoms with Gasteiger partial charge in [-0.3, -0.25) is 9.80 Å². The van der Waals surface area contributed by atoms with Gasteiger partial charge in [0.1, 0.15) is 0 Å². The summed E-state index contributed by atoms with van der Waals surface area (Å²) in [6.45, 7) is 9.49. The highest BCUT2D eigenvalue weighted by Crippen LogP contribution is 2.27. The van der Waals surface area contributed by atoms with E-state index in [1.165, 1.54) is 37.1 Å². The molecule has 20 heavy (non-hydrogen) atoms. The van der Waals surface area contributed by atoms with Gasteiger partial charge in [0.2, 0.25) is 0 Å². The molecule has 3 nitrogen and oxygen atoms in total. The molecule has 1 aliphatic heterocycles. The highest BCUT2D eigenvalue weighted by Gasteiger charge is 2.31. The molecule has 110 valence electrons. The van der Waals surface area contributed by atoms with Crippen molar-refractivity contribution in [1.82, 2.24) is 9.80 Å². The summed E-state index contributed by atoms with van der Waals surface area (Å²) in [6.07, 6.45) is 2.43. The van der Waals surface area contributed by atoms with Gasteiger partial charge in [0.05, 0.1) is 6.10 Å². The van der Waals surface area contributed by atoms with Gasteiger partial charge in [0.25, 0.3) is 0 Å². The van der Waals surface area contributed by atoms with Crippen molar-refractivity contribution in [3.05, 3.63) is 34.9 Å². The zero-order valence-corrected chi connectivity index (χ0v) is 12.7. The van der Waals surface area contributed by atoms with Crippen LogP contribution in [0.1, 0.15) is 35.6 Å². The van der Waals surface area contributed by atoms with Crippen molar-refractivity contribution in [1.29, 1.82) is 0 Å². The third-order valence-electron chi connectivity index (χ3n) is 4.53. The van der Waals surface area contributed by atoms with Gasteiger partial charge in [0.15, 0.2) is 0 Å². The molecule has 1 saturated carbocycles. The Morgan fingerprint density at radius 1 is 1.05 bits per heavy atom. The molecule has 0 bridgehead atoms. The minimum absolute atomic E-state index is 0.360. The van der Waals surface area contributed by atoms with Crippen molar-refractivity contribution in [3.63, 3.8) is 0 Å². The van der Waals surface area contributed by atoms with Crippen molar-refractivity contribution in [2.45, 2.75) is 38.8 Å². The van der Waals surface area contributed by atoms with Gasteiger partial charge < -0.3 is 5.11 Å². The smallest absolute Gasteiger partial charge is 0.0917 e. The predicted molar refractivity (Wildman–Crippen MR) is 81.9 cm³/mol. The second kappa shape index (κ2) is 5.84. The van der Waals surface area contributed by atoms with E-state index in [4.69, 9.17) is 0 Å². The third-order valence-corrected chi connectivity index (χ3v) is 4.53. The molecule has 0 aromatic heterocycles. The van der Waals surface area contributed by atoms with Gasteiger partial charge >= 0.3 is 0 Å². The lowest BCUT2D eigenvalue weighted by Crippen LogP contribution is -2.48. The van der Waals surface area contributed by atoms with Crippen LogP contribution in [0.2, 0.25) is 0 Å². The number of aryl methyl sites for hydroxylation is 2. The summed E-state index contributed by atoms with van der Waals surface area (Å²) in [4.78, 5) is 5.01. The number of aliphatic hydroxyl groups excluding tert-OH is 1. The molecular weight excluding hydrogens is 248 g/mol. The molecule has 1 saturated heterocycles. The standard InChI is InChI=1S/C17H26N2O/c1-13-9-14(2)11-15(10-13)17(20)12-18-5-7-19(8-6-18)16-3-4-16/h9-11,16-17,20H,3-8,12H2,1-2H3. The van der Waals surface area contributed by atoms with Crippen LogP contribution in [-0.2, 0) is 0 Å². The quantitative estimate of drug-likeness (QED) is 0.911. The monoisotopic (exact) mass is 274 g/mol. The molecule has 0 spiro atoms. The molecule has 3 heteroatoms. The lowest BCUT2D eigenvalue weighted by Gasteiger charge is -2.35. The Kier molecular flexibility index (Phi) is 4.11. The maximum atomic E-state index is 10.5. The Balaban J connectivity index is 1.54. The van der Waals surface area contributed by atoms with Crippen LogP contribution >= 0.6 is 0 Å². The number of benzene rings is 1. The van der Waals surface area contributed by atoms with Crippen molar-refractivity contribution in [2.75, 3.05) is 32.7 Å². The largest absolute Gasteiger partial charge is 0.387 e. The van der Waals surface area contributed by atoms with E-state index in [1.54, 1.807) is 0 Å². The number of piperazine rings is 1. The van der Waals surface area contributed by atoms with Crippen LogP contribution in [0.25, 0.3) is 0 Å². The fourth-order valence-corrected chi connectivity index (χ4v) is 3.30. The van der Waals surface area contributed by atoms with Crippen molar-refractivity contribution in [3.8, 4) is 0 Å². The highest BCUT2D eigenvalue weighted by molar-refractivity contribution is 5.30. The van der Waals surface area contributed by atoms with E-state index in [-0.39, 0.29) is 6.10 Å². The van der Waals surface area contributed by atoms with Crippen LogP contribution in [0.3, 0.4) is 0 Å². The molecule has 1 unspecified atom stereocenters. The average Bonchev–Trinajstić information content (AvgIpc) is 3.23. The van der Waals surface area contributed by atoms with Gasteiger partial charge in [-0.2, -0.15) is 0 Å². The lowest BCUT2D eigenvalue weighted by molar-refractivity contribution is 0.0699. The summed E-state index contributed by atoms with van der Waals surface area (Å²) in [5.74, 6) is 0. The molecule has 1 heterocycles. The molecule has 0 amide bonds. The topological polar surface area (TPSA) is 26.7 Å². The molecule has 1 N–H and O–H groups in total. The van der Waals surface area contributed by atoms with Gasteiger partial charge in [-0.1, -0.05) is 29.3 Å². The van der Waals surface area contributed by atoms with E-state index in [0.717, 1.165) is 31.2 Å². The molecule has 2 aliphatic rings. The number of hydrogen-bond donors (Lipinski definition) is 1. The first-order valence-electron chi connectivity index (χ1n) is 7.84. The molecule has 3 rings (SSSR count). The second-order valence-electron chi connectivity index (χ2n) is 6.50. The molecule has 1 aromatic carbocycles. The molecular formula is C17H26N2O. The fraction of sp³-hybridized carbons (Fsp3) is 0.647. The van der Waals surface area contributed by atoms with Crippen LogP contribution in [-0.4, -0.2) is 53.7 Å². The maximum absolute atomic E-state index is 10.5. The Hall–Kier alpha value is -0.900. The summed E-state index contributed by atoms with van der Waals surface area (Å²) in [5, 5.41) is 10.5. The third kappa shape index (κ3) is 3.40. The second-order valence-corrected chi connectivity index (χ2v) is 6.50. The fourth-order valence-electron chi connectivity index (χ4n) is 3.30. The normalized spacial score (nSPS) is 22.9. The Morgan fingerprint density at radius 3 is 2.20 bits per heavy atom. The van der Waals surface area contributed by atoms with Crippen molar-refractivity contribution in [2.24, 2.45) is 0 Å². The average molecular weight is 274 g/mol. The van der Waals surface area contributed by atoms with E-state index < -0.39 is 0 Å².